The molecule has 0 atom stereocenters. The molecule has 0 aliphatic heterocycles. The maximum atomic E-state index is 13.2. The lowest BCUT2D eigenvalue weighted by Gasteiger charge is -2.06. The van der Waals surface area contributed by atoms with Gasteiger partial charge in [-0.05, 0) is 30.3 Å². The number of halogens is 2. The number of rotatable bonds is 6. The molecule has 0 spiro atoms. The molecule has 0 unspecified atom stereocenters. The van der Waals surface area contributed by atoms with Crippen LogP contribution in [0.1, 0.15) is 20.1 Å². The van der Waals surface area contributed by atoms with E-state index in [1.165, 1.54) is 11.3 Å². The summed E-state index contributed by atoms with van der Waals surface area (Å²) in [5, 5.41) is 0. The summed E-state index contributed by atoms with van der Waals surface area (Å²) in [5.41, 5.74) is 0.545. The zero-order valence-corrected chi connectivity index (χ0v) is 14.9. The molecular formula is C18H13F2NO3S2. The number of sulfonamides is 1. The summed E-state index contributed by atoms with van der Waals surface area (Å²) in [4.78, 5) is 13.1. The molecule has 134 valence electrons. The highest BCUT2D eigenvalue weighted by Crippen LogP contribution is 2.21. The van der Waals surface area contributed by atoms with Gasteiger partial charge in [0.25, 0.3) is 0 Å². The number of benzene rings is 2. The maximum absolute atomic E-state index is 13.2. The molecule has 0 bridgehead atoms. The van der Waals surface area contributed by atoms with Gasteiger partial charge in [0.1, 0.15) is 0 Å². The highest BCUT2D eigenvalue weighted by Gasteiger charge is 2.17. The lowest BCUT2D eigenvalue weighted by atomic mass is 10.1. The SMILES string of the molecule is O=C(c1ccccc1)c1ccc(CNS(=O)(=O)c2ccc(F)c(F)c2)s1. The molecule has 0 saturated carbocycles. The first-order valence-electron chi connectivity index (χ1n) is 7.50. The quantitative estimate of drug-likeness (QED) is 0.649. The van der Waals surface area contributed by atoms with Crippen LogP contribution in [0.25, 0.3) is 0 Å². The number of carbonyl (C=O) groups excluding carboxylic acids is 1. The monoisotopic (exact) mass is 393 g/mol. The summed E-state index contributed by atoms with van der Waals surface area (Å²) in [5.74, 6) is -2.50. The molecule has 26 heavy (non-hydrogen) atoms. The molecule has 0 aliphatic rings. The Bertz CT molecular complexity index is 1050. The van der Waals surface area contributed by atoms with E-state index in [1.54, 1.807) is 36.4 Å². The molecule has 0 radical (unpaired) electrons. The van der Waals surface area contributed by atoms with Crippen LogP contribution in [0.15, 0.2) is 65.6 Å². The molecule has 1 aromatic heterocycles. The van der Waals surface area contributed by atoms with Crippen LogP contribution in [0.2, 0.25) is 0 Å². The summed E-state index contributed by atoms with van der Waals surface area (Å²) in [6, 6.07) is 14.4. The molecule has 1 heterocycles. The molecule has 3 aromatic rings. The van der Waals surface area contributed by atoms with Crippen molar-refractivity contribution in [3.63, 3.8) is 0 Å². The van der Waals surface area contributed by atoms with Gasteiger partial charge in [0.2, 0.25) is 15.8 Å². The normalized spacial score (nSPS) is 11.5. The van der Waals surface area contributed by atoms with Crippen LogP contribution in [0.5, 0.6) is 0 Å². The minimum Gasteiger partial charge on any atom is -0.288 e. The second-order valence-corrected chi connectivity index (χ2v) is 8.30. The van der Waals surface area contributed by atoms with Crippen molar-refractivity contribution in [1.29, 1.82) is 0 Å². The predicted molar refractivity (Wildman–Crippen MR) is 94.6 cm³/mol. The average molecular weight is 393 g/mol. The molecule has 0 saturated heterocycles. The van der Waals surface area contributed by atoms with E-state index in [0.29, 0.717) is 21.4 Å². The molecule has 0 aliphatic carbocycles. The van der Waals surface area contributed by atoms with Gasteiger partial charge < -0.3 is 0 Å². The fourth-order valence-corrected chi connectivity index (χ4v) is 4.24. The lowest BCUT2D eigenvalue weighted by molar-refractivity contribution is 0.104. The lowest BCUT2D eigenvalue weighted by Crippen LogP contribution is -2.23. The van der Waals surface area contributed by atoms with Gasteiger partial charge in [-0.1, -0.05) is 30.3 Å². The van der Waals surface area contributed by atoms with Crippen molar-refractivity contribution < 1.29 is 22.0 Å². The van der Waals surface area contributed by atoms with Crippen molar-refractivity contribution in [2.24, 2.45) is 0 Å². The van der Waals surface area contributed by atoms with Crippen molar-refractivity contribution in [2.75, 3.05) is 0 Å². The highest BCUT2D eigenvalue weighted by molar-refractivity contribution is 7.89. The minimum absolute atomic E-state index is 0.0614. The van der Waals surface area contributed by atoms with Crippen LogP contribution in [0.3, 0.4) is 0 Å². The smallest absolute Gasteiger partial charge is 0.241 e. The van der Waals surface area contributed by atoms with Gasteiger partial charge in [-0.25, -0.2) is 21.9 Å². The first kappa shape index (κ1) is 18.4. The van der Waals surface area contributed by atoms with Crippen LogP contribution in [-0.2, 0) is 16.6 Å². The molecule has 3 rings (SSSR count). The first-order chi connectivity index (χ1) is 12.4. The maximum Gasteiger partial charge on any atom is 0.241 e. The van der Waals surface area contributed by atoms with E-state index >= 15 is 0 Å². The number of nitrogens with one attached hydrogen (secondary N) is 1. The van der Waals surface area contributed by atoms with E-state index in [2.05, 4.69) is 4.72 Å². The van der Waals surface area contributed by atoms with Gasteiger partial charge in [-0.2, -0.15) is 0 Å². The van der Waals surface area contributed by atoms with Gasteiger partial charge in [-0.3, -0.25) is 4.79 Å². The summed E-state index contributed by atoms with van der Waals surface area (Å²) in [6.07, 6.45) is 0. The highest BCUT2D eigenvalue weighted by atomic mass is 32.2. The third-order valence-corrected chi connectivity index (χ3v) is 6.04. The van der Waals surface area contributed by atoms with Crippen molar-refractivity contribution in [3.05, 3.63) is 87.6 Å². The largest absolute Gasteiger partial charge is 0.288 e. The molecule has 0 amide bonds. The van der Waals surface area contributed by atoms with Crippen LogP contribution in [0, 0.1) is 11.6 Å². The average Bonchev–Trinajstić information content (AvgIpc) is 3.11. The summed E-state index contributed by atoms with van der Waals surface area (Å²) in [7, 11) is -4.00. The predicted octanol–water partition coefficient (Wildman–Crippen LogP) is 3.74. The zero-order valence-electron chi connectivity index (χ0n) is 13.3. The Labute approximate surface area is 153 Å². The van der Waals surface area contributed by atoms with E-state index in [9.17, 15) is 22.0 Å². The Hall–Kier alpha value is -2.42. The van der Waals surface area contributed by atoms with Gasteiger partial charge in [-0.15, -0.1) is 11.3 Å². The van der Waals surface area contributed by atoms with Crippen LogP contribution >= 0.6 is 11.3 Å². The van der Waals surface area contributed by atoms with Crippen molar-refractivity contribution in [1.82, 2.24) is 4.72 Å². The third-order valence-electron chi connectivity index (χ3n) is 3.56. The van der Waals surface area contributed by atoms with E-state index in [1.807, 2.05) is 6.07 Å². The zero-order chi connectivity index (χ0) is 18.7. The Kier molecular flexibility index (Phi) is 5.26. The summed E-state index contributed by atoms with van der Waals surface area (Å²) < 4.78 is 52.8. The van der Waals surface area contributed by atoms with Crippen LogP contribution in [-0.4, -0.2) is 14.2 Å². The number of thiophene rings is 1. The van der Waals surface area contributed by atoms with Crippen molar-refractivity contribution in [3.8, 4) is 0 Å². The van der Waals surface area contributed by atoms with E-state index in [-0.39, 0.29) is 17.2 Å². The standard InChI is InChI=1S/C18H13F2NO3S2/c19-15-8-7-14(10-16(15)20)26(23,24)21-11-13-6-9-17(25-13)18(22)12-4-2-1-3-5-12/h1-10,21H,11H2. The number of hydrogen-bond acceptors (Lipinski definition) is 4. The molecule has 1 N–H and O–H groups in total. The first-order valence-corrected chi connectivity index (χ1v) is 9.80. The molecule has 8 heteroatoms. The van der Waals surface area contributed by atoms with Crippen molar-refractivity contribution >= 4 is 27.1 Å². The Morgan fingerprint density at radius 2 is 1.69 bits per heavy atom. The number of carbonyl (C=O) groups is 1. The number of ketones is 1. The molecule has 0 fully saturated rings. The third kappa shape index (κ3) is 4.04. The second-order valence-electron chi connectivity index (χ2n) is 5.36. The van der Waals surface area contributed by atoms with E-state index < -0.39 is 21.7 Å². The van der Waals surface area contributed by atoms with Gasteiger partial charge >= 0.3 is 0 Å². The number of hydrogen-bond donors (Lipinski definition) is 1. The Morgan fingerprint density at radius 3 is 2.38 bits per heavy atom. The minimum atomic E-state index is -4.00. The topological polar surface area (TPSA) is 63.2 Å². The Balaban J connectivity index is 1.71. The van der Waals surface area contributed by atoms with E-state index in [4.69, 9.17) is 0 Å². The van der Waals surface area contributed by atoms with Crippen LogP contribution < -0.4 is 4.72 Å². The summed E-state index contributed by atoms with van der Waals surface area (Å²) in [6.45, 7) is -0.0614. The fourth-order valence-electron chi connectivity index (χ4n) is 2.22. The van der Waals surface area contributed by atoms with Gasteiger partial charge in [0.15, 0.2) is 11.6 Å². The van der Waals surface area contributed by atoms with Gasteiger partial charge in [0.05, 0.1) is 9.77 Å². The second kappa shape index (κ2) is 7.45. The van der Waals surface area contributed by atoms with Crippen LogP contribution in [0.4, 0.5) is 8.78 Å². The Morgan fingerprint density at radius 1 is 0.962 bits per heavy atom. The molecular weight excluding hydrogens is 380 g/mol. The van der Waals surface area contributed by atoms with Crippen molar-refractivity contribution in [2.45, 2.75) is 11.4 Å². The molecule has 4 nitrogen and oxygen atoms in total. The van der Waals surface area contributed by atoms with E-state index in [0.717, 1.165) is 12.1 Å². The summed E-state index contributed by atoms with van der Waals surface area (Å²) >= 11 is 1.17. The fraction of sp³-hybridized carbons (Fsp3) is 0.0556. The molecule has 2 aromatic carbocycles. The van der Waals surface area contributed by atoms with Gasteiger partial charge in [0, 0.05) is 17.0 Å².